The Morgan fingerprint density at radius 3 is 2.65 bits per heavy atom. The van der Waals surface area contributed by atoms with Crippen LogP contribution < -0.4 is 21.5 Å². The smallest absolute Gasteiger partial charge is 0.282 e. The van der Waals surface area contributed by atoms with Crippen LogP contribution in [0.1, 0.15) is 37.9 Å². The Labute approximate surface area is 259 Å². The van der Waals surface area contributed by atoms with Crippen LogP contribution >= 0.6 is 23.2 Å². The van der Waals surface area contributed by atoms with Crippen molar-refractivity contribution in [2.75, 3.05) is 35.6 Å². The predicted molar refractivity (Wildman–Crippen MR) is 175 cm³/mol. The lowest BCUT2D eigenvalue weighted by atomic mass is 9.99. The molecule has 1 saturated heterocycles. The van der Waals surface area contributed by atoms with E-state index < -0.39 is 0 Å². The van der Waals surface area contributed by atoms with Crippen molar-refractivity contribution in [3.8, 4) is 16.9 Å². The number of hydrogen-bond donors (Lipinski definition) is 2. The molecule has 5 heterocycles. The van der Waals surface area contributed by atoms with Gasteiger partial charge in [-0.25, -0.2) is 4.98 Å². The number of rotatable bonds is 4. The molecule has 43 heavy (non-hydrogen) atoms. The molecule has 2 aliphatic heterocycles. The number of aryl methyl sites for hydroxylation is 1. The zero-order chi connectivity index (χ0) is 30.7. The van der Waals surface area contributed by atoms with E-state index in [1.807, 2.05) is 44.7 Å². The van der Waals surface area contributed by atoms with Crippen LogP contribution in [0.2, 0.25) is 10.0 Å². The number of nitrogens with zero attached hydrogens (tertiary/aromatic N) is 5. The molecule has 3 aromatic heterocycles. The van der Waals surface area contributed by atoms with E-state index in [2.05, 4.69) is 21.8 Å². The second kappa shape index (κ2) is 10.9. The molecule has 1 amide bonds. The molecule has 2 unspecified atom stereocenters. The molecule has 0 bridgehead atoms. The summed E-state index contributed by atoms with van der Waals surface area (Å²) in [4.78, 5) is 41.0. The number of benzene rings is 1. The van der Waals surface area contributed by atoms with Gasteiger partial charge in [-0.15, -0.1) is 0 Å². The lowest BCUT2D eigenvalue weighted by molar-refractivity contribution is -0.128. The van der Waals surface area contributed by atoms with Crippen molar-refractivity contribution >= 4 is 57.2 Å². The molecular weight excluding hydrogens is 585 g/mol. The van der Waals surface area contributed by atoms with Crippen molar-refractivity contribution in [2.24, 2.45) is 0 Å². The molecule has 0 radical (unpaired) electrons. The molecule has 1 fully saturated rings. The van der Waals surface area contributed by atoms with Crippen molar-refractivity contribution in [1.29, 1.82) is 0 Å². The quantitative estimate of drug-likeness (QED) is 0.220. The Hall–Kier alpha value is -4.08. The van der Waals surface area contributed by atoms with E-state index in [-0.39, 0.29) is 29.5 Å². The van der Waals surface area contributed by atoms with E-state index in [0.717, 1.165) is 16.9 Å². The molecule has 1 aromatic carbocycles. The van der Waals surface area contributed by atoms with Gasteiger partial charge in [-0.05, 0) is 61.7 Å². The molecule has 4 aromatic rings. The van der Waals surface area contributed by atoms with E-state index in [4.69, 9.17) is 33.9 Å². The van der Waals surface area contributed by atoms with Crippen LogP contribution in [0.15, 0.2) is 54.0 Å². The largest absolute Gasteiger partial charge is 0.399 e. The summed E-state index contributed by atoms with van der Waals surface area (Å²) in [6.45, 7) is 13.2. The van der Waals surface area contributed by atoms with Crippen LogP contribution in [0.3, 0.4) is 0 Å². The van der Waals surface area contributed by atoms with Crippen molar-refractivity contribution in [2.45, 2.75) is 45.7 Å². The fraction of sp³-hybridized carbons (Fsp3) is 0.312. The van der Waals surface area contributed by atoms with E-state index in [9.17, 15) is 9.59 Å². The van der Waals surface area contributed by atoms with Crippen LogP contribution in [0.5, 0.6) is 0 Å². The number of nitrogens with one attached hydrogen (secondary N) is 1. The molecule has 222 valence electrons. The number of nitrogens with two attached hydrogens (primary N) is 1. The SMILES string of the molecule is C=CC(=O)N1CC2CNc3c(c4cc(Cl)c(-c5cc(N)ccc5Cl)nc4n(-c4c(C)ccnc4C(C)C)c3=O)N2CC1C. The van der Waals surface area contributed by atoms with Crippen LogP contribution in [-0.2, 0) is 4.79 Å². The molecule has 3 N–H and O–H groups in total. The van der Waals surface area contributed by atoms with Gasteiger partial charge >= 0.3 is 0 Å². The number of pyridine rings is 3. The molecule has 0 saturated carbocycles. The van der Waals surface area contributed by atoms with Gasteiger partial charge in [-0.2, -0.15) is 0 Å². The lowest BCUT2D eigenvalue weighted by Crippen LogP contribution is -2.62. The van der Waals surface area contributed by atoms with Gasteiger partial charge in [-0.3, -0.25) is 19.1 Å². The third-order valence-electron chi connectivity index (χ3n) is 8.35. The summed E-state index contributed by atoms with van der Waals surface area (Å²) in [5.41, 5.74) is 11.4. The minimum atomic E-state index is -0.240. The molecule has 0 aliphatic carbocycles. The summed E-state index contributed by atoms with van der Waals surface area (Å²) in [5, 5.41) is 4.92. The Morgan fingerprint density at radius 2 is 1.93 bits per heavy atom. The zero-order valence-corrected chi connectivity index (χ0v) is 26.0. The van der Waals surface area contributed by atoms with Gasteiger partial charge in [0.2, 0.25) is 5.91 Å². The molecule has 0 spiro atoms. The maximum atomic E-state index is 14.6. The number of piperazine rings is 1. The van der Waals surface area contributed by atoms with E-state index in [0.29, 0.717) is 69.0 Å². The van der Waals surface area contributed by atoms with Crippen molar-refractivity contribution < 1.29 is 4.79 Å². The topological polar surface area (TPSA) is 109 Å². The number of aromatic nitrogens is 3. The minimum Gasteiger partial charge on any atom is -0.399 e. The summed E-state index contributed by atoms with van der Waals surface area (Å²) < 4.78 is 1.65. The van der Waals surface area contributed by atoms with Gasteiger partial charge in [0.15, 0.2) is 0 Å². The monoisotopic (exact) mass is 617 g/mol. The third-order valence-corrected chi connectivity index (χ3v) is 8.97. The first-order chi connectivity index (χ1) is 20.5. The second-order valence-electron chi connectivity index (χ2n) is 11.5. The van der Waals surface area contributed by atoms with E-state index in [1.54, 1.807) is 29.0 Å². The molecular formula is C32H33Cl2N7O2. The van der Waals surface area contributed by atoms with Gasteiger partial charge in [0.25, 0.3) is 5.56 Å². The average Bonchev–Trinajstić information content (AvgIpc) is 2.98. The summed E-state index contributed by atoms with van der Waals surface area (Å²) in [6, 6.07) is 8.72. The van der Waals surface area contributed by atoms with Gasteiger partial charge in [0.05, 0.1) is 38.8 Å². The first-order valence-electron chi connectivity index (χ1n) is 14.3. The average molecular weight is 619 g/mol. The number of carbonyl (C=O) groups excluding carboxylic acids is 1. The lowest BCUT2D eigenvalue weighted by Gasteiger charge is -2.49. The molecule has 11 heteroatoms. The minimum absolute atomic E-state index is 0.0386. The number of nitrogen functional groups attached to an aromatic ring is 1. The Kier molecular flexibility index (Phi) is 7.34. The Bertz CT molecular complexity index is 1870. The summed E-state index contributed by atoms with van der Waals surface area (Å²) in [7, 11) is 0. The highest BCUT2D eigenvalue weighted by atomic mass is 35.5. The van der Waals surface area contributed by atoms with E-state index >= 15 is 0 Å². The van der Waals surface area contributed by atoms with Crippen LogP contribution in [-0.4, -0.2) is 57.1 Å². The van der Waals surface area contributed by atoms with Crippen LogP contribution in [0.4, 0.5) is 17.1 Å². The number of amides is 1. The molecule has 2 atom stereocenters. The highest BCUT2D eigenvalue weighted by Crippen LogP contribution is 2.43. The maximum absolute atomic E-state index is 14.6. The van der Waals surface area contributed by atoms with Gasteiger partial charge in [-0.1, -0.05) is 43.6 Å². The molecule has 9 nitrogen and oxygen atoms in total. The fourth-order valence-electron chi connectivity index (χ4n) is 6.26. The number of fused-ring (bicyclic) bond motifs is 5. The molecule has 2 aliphatic rings. The molecule has 6 rings (SSSR count). The van der Waals surface area contributed by atoms with Crippen molar-refractivity contribution in [3.63, 3.8) is 0 Å². The van der Waals surface area contributed by atoms with E-state index in [1.165, 1.54) is 6.08 Å². The normalized spacial score (nSPS) is 17.9. The summed E-state index contributed by atoms with van der Waals surface area (Å²) >= 11 is 13.6. The number of anilines is 3. The zero-order valence-electron chi connectivity index (χ0n) is 24.5. The van der Waals surface area contributed by atoms with Crippen molar-refractivity contribution in [3.05, 3.63) is 80.8 Å². The van der Waals surface area contributed by atoms with Gasteiger partial charge in [0, 0.05) is 48.5 Å². The highest BCUT2D eigenvalue weighted by Gasteiger charge is 2.39. The first-order valence-corrected chi connectivity index (χ1v) is 15.0. The Balaban J connectivity index is 1.69. The summed E-state index contributed by atoms with van der Waals surface area (Å²) in [6.07, 6.45) is 3.11. The fourth-order valence-corrected chi connectivity index (χ4v) is 6.72. The maximum Gasteiger partial charge on any atom is 0.282 e. The van der Waals surface area contributed by atoms with Gasteiger partial charge in [0.1, 0.15) is 11.3 Å². The Morgan fingerprint density at radius 1 is 1.16 bits per heavy atom. The second-order valence-corrected chi connectivity index (χ2v) is 12.4. The first kappa shape index (κ1) is 29.0. The number of halogens is 2. The van der Waals surface area contributed by atoms with Crippen LogP contribution in [0.25, 0.3) is 28.0 Å². The standard InChI is InChI=1S/C32H33Cl2N7O2/c1-6-25(42)39-15-20-13-37-28-30(40(20)14-18(39)5)22-12-24(34)27(21-11-19(35)7-8-23(21)33)38-31(22)41(32(28)43)29-17(4)9-10-36-26(29)16(2)3/h6-12,16,18,20,37H,1,13-15,35H2,2-5H3. The van der Waals surface area contributed by atoms with Crippen LogP contribution in [0, 0.1) is 6.92 Å². The highest BCUT2D eigenvalue weighted by molar-refractivity contribution is 6.37. The third kappa shape index (κ3) is 4.71. The predicted octanol–water partition coefficient (Wildman–Crippen LogP) is 5.79. The number of carbonyl (C=O) groups is 1. The van der Waals surface area contributed by atoms with Gasteiger partial charge < -0.3 is 20.9 Å². The number of hydrogen-bond acceptors (Lipinski definition) is 7. The summed E-state index contributed by atoms with van der Waals surface area (Å²) in [5.74, 6) is -0.0726. The van der Waals surface area contributed by atoms with Crippen molar-refractivity contribution in [1.82, 2.24) is 19.4 Å².